The Kier molecular flexibility index (Phi) is 7.45. The van der Waals surface area contributed by atoms with E-state index in [4.69, 9.17) is 4.74 Å². The molecule has 4 rings (SSSR count). The van der Waals surface area contributed by atoms with Gasteiger partial charge in [-0.05, 0) is 81.0 Å². The largest absolute Gasteiger partial charge is 0.492 e. The van der Waals surface area contributed by atoms with E-state index in [9.17, 15) is 13.2 Å². The van der Waals surface area contributed by atoms with Crippen LogP contribution in [0.15, 0.2) is 71.6 Å². The summed E-state index contributed by atoms with van der Waals surface area (Å²) in [5.74, 6) is 0.0187. The van der Waals surface area contributed by atoms with Gasteiger partial charge in [-0.15, -0.1) is 0 Å². The van der Waals surface area contributed by atoms with Gasteiger partial charge in [0.25, 0.3) is 10.0 Å². The van der Waals surface area contributed by atoms with Gasteiger partial charge in [-0.1, -0.05) is 48.0 Å². The first-order chi connectivity index (χ1) is 16.8. The van der Waals surface area contributed by atoms with Crippen LogP contribution in [0.1, 0.15) is 48.6 Å². The number of benzene rings is 3. The molecular weight excluding hydrogens is 460 g/mol. The van der Waals surface area contributed by atoms with Crippen molar-refractivity contribution in [3.63, 3.8) is 0 Å². The SMILES string of the molecule is CCOc1ccccc1N(CC(=O)N[C@H](C)c1ccc2c(c1)CCC2)S(=O)(=O)c1ccc(C)cc1. The lowest BCUT2D eigenvalue weighted by atomic mass is 10.0. The number of hydrogen-bond donors (Lipinski definition) is 1. The third-order valence-corrected chi connectivity index (χ3v) is 8.10. The number of para-hydroxylation sites is 2. The van der Waals surface area contributed by atoms with Crippen LogP contribution >= 0.6 is 0 Å². The Bertz CT molecular complexity index is 1300. The summed E-state index contributed by atoms with van der Waals surface area (Å²) in [5.41, 5.74) is 5.00. The molecule has 6 nitrogen and oxygen atoms in total. The standard InChI is InChI=1S/C28H32N2O4S/c1-4-34-27-11-6-5-10-26(27)30(35(32,33)25-16-12-20(2)13-17-25)19-28(31)29-21(3)23-15-14-22-8-7-9-24(22)18-23/h5-6,10-18,21H,4,7-9,19H2,1-3H3,(H,29,31)/t21-/m1/s1. The number of nitrogens with one attached hydrogen (secondary N) is 1. The normalized spacial score (nSPS) is 13.7. The Hall–Kier alpha value is -3.32. The molecule has 7 heteroatoms. The predicted molar refractivity (Wildman–Crippen MR) is 138 cm³/mol. The number of ether oxygens (including phenoxy) is 1. The van der Waals surface area contributed by atoms with Gasteiger partial charge < -0.3 is 10.1 Å². The first-order valence-corrected chi connectivity index (χ1v) is 13.5. The molecule has 0 spiro atoms. The first-order valence-electron chi connectivity index (χ1n) is 12.0. The quantitative estimate of drug-likeness (QED) is 0.458. The molecule has 0 bridgehead atoms. The van der Waals surface area contributed by atoms with Crippen LogP contribution in [0.4, 0.5) is 5.69 Å². The third kappa shape index (κ3) is 5.51. The molecule has 0 saturated carbocycles. The Balaban J connectivity index is 1.62. The Labute approximate surface area is 208 Å². The molecule has 184 valence electrons. The maximum absolute atomic E-state index is 13.7. The number of amides is 1. The number of carbonyl (C=O) groups excluding carboxylic acids is 1. The number of nitrogens with zero attached hydrogens (tertiary/aromatic N) is 1. The van der Waals surface area contributed by atoms with Crippen molar-refractivity contribution in [3.8, 4) is 5.75 Å². The van der Waals surface area contributed by atoms with Crippen LogP contribution in [0.2, 0.25) is 0 Å². The van der Waals surface area contributed by atoms with Crippen LogP contribution in [0, 0.1) is 6.92 Å². The molecule has 1 atom stereocenters. The van der Waals surface area contributed by atoms with Crippen LogP contribution in [0.25, 0.3) is 0 Å². The van der Waals surface area contributed by atoms with Gasteiger partial charge in [0, 0.05) is 0 Å². The molecule has 1 N–H and O–H groups in total. The lowest BCUT2D eigenvalue weighted by Gasteiger charge is -2.27. The summed E-state index contributed by atoms with van der Waals surface area (Å²) in [6.07, 6.45) is 3.31. The highest BCUT2D eigenvalue weighted by atomic mass is 32.2. The maximum Gasteiger partial charge on any atom is 0.264 e. The highest BCUT2D eigenvalue weighted by molar-refractivity contribution is 7.92. The molecule has 1 aliphatic rings. The van der Waals surface area contributed by atoms with Crippen LogP contribution < -0.4 is 14.4 Å². The van der Waals surface area contributed by atoms with Crippen molar-refractivity contribution >= 4 is 21.6 Å². The second-order valence-corrected chi connectivity index (χ2v) is 10.8. The van der Waals surface area contributed by atoms with E-state index < -0.39 is 10.0 Å². The molecule has 0 radical (unpaired) electrons. The highest BCUT2D eigenvalue weighted by Gasteiger charge is 2.30. The van der Waals surface area contributed by atoms with Crippen molar-refractivity contribution in [1.29, 1.82) is 0 Å². The van der Waals surface area contributed by atoms with Gasteiger partial charge in [0.05, 0.1) is 23.2 Å². The van der Waals surface area contributed by atoms with E-state index in [1.54, 1.807) is 48.5 Å². The zero-order valence-corrected chi connectivity index (χ0v) is 21.3. The topological polar surface area (TPSA) is 75.7 Å². The summed E-state index contributed by atoms with van der Waals surface area (Å²) >= 11 is 0. The Morgan fingerprint density at radius 1 is 1.03 bits per heavy atom. The summed E-state index contributed by atoms with van der Waals surface area (Å²) in [6.45, 7) is 5.65. The zero-order valence-electron chi connectivity index (χ0n) is 20.5. The van der Waals surface area contributed by atoms with Gasteiger partial charge in [0.15, 0.2) is 0 Å². The van der Waals surface area contributed by atoms with E-state index in [1.807, 2.05) is 26.8 Å². The molecule has 3 aromatic rings. The van der Waals surface area contributed by atoms with E-state index >= 15 is 0 Å². The summed E-state index contributed by atoms with van der Waals surface area (Å²) in [4.78, 5) is 13.3. The van der Waals surface area contributed by atoms with Crippen molar-refractivity contribution in [1.82, 2.24) is 5.32 Å². The number of aryl methyl sites for hydroxylation is 3. The molecule has 0 heterocycles. The molecule has 1 amide bonds. The van der Waals surface area contributed by atoms with Crippen molar-refractivity contribution in [2.75, 3.05) is 17.5 Å². The predicted octanol–water partition coefficient (Wildman–Crippen LogP) is 4.96. The molecule has 0 aromatic heterocycles. The lowest BCUT2D eigenvalue weighted by molar-refractivity contribution is -0.120. The molecule has 35 heavy (non-hydrogen) atoms. The van der Waals surface area contributed by atoms with Gasteiger partial charge in [0.1, 0.15) is 12.3 Å². The van der Waals surface area contributed by atoms with Crippen molar-refractivity contribution in [2.24, 2.45) is 0 Å². The van der Waals surface area contributed by atoms with E-state index in [2.05, 4.69) is 17.4 Å². The summed E-state index contributed by atoms with van der Waals surface area (Å²) in [5, 5.41) is 2.99. The number of anilines is 1. The number of carbonyl (C=O) groups is 1. The first kappa shape index (κ1) is 24.8. The summed E-state index contributed by atoms with van der Waals surface area (Å²) in [6, 6.07) is 19.6. The average Bonchev–Trinajstić information content (AvgIpc) is 3.31. The molecule has 3 aromatic carbocycles. The van der Waals surface area contributed by atoms with E-state index in [1.165, 1.54) is 11.1 Å². The van der Waals surface area contributed by atoms with Crippen LogP contribution in [-0.2, 0) is 27.7 Å². The number of hydrogen-bond acceptors (Lipinski definition) is 4. The van der Waals surface area contributed by atoms with Gasteiger partial charge in [0.2, 0.25) is 5.91 Å². The van der Waals surface area contributed by atoms with Crippen molar-refractivity contribution in [2.45, 2.75) is 51.0 Å². The minimum absolute atomic E-state index is 0.119. The molecule has 0 unspecified atom stereocenters. The minimum Gasteiger partial charge on any atom is -0.492 e. The minimum atomic E-state index is -4.02. The Morgan fingerprint density at radius 3 is 2.49 bits per heavy atom. The van der Waals surface area contributed by atoms with Crippen molar-refractivity contribution in [3.05, 3.63) is 89.0 Å². The second kappa shape index (κ2) is 10.5. The smallest absolute Gasteiger partial charge is 0.264 e. The fraction of sp³-hybridized carbons (Fsp3) is 0.321. The molecule has 1 aliphatic carbocycles. The number of rotatable bonds is 9. The van der Waals surface area contributed by atoms with Crippen LogP contribution in [-0.4, -0.2) is 27.5 Å². The monoisotopic (exact) mass is 492 g/mol. The van der Waals surface area contributed by atoms with Gasteiger partial charge in [-0.2, -0.15) is 0 Å². The fourth-order valence-electron chi connectivity index (χ4n) is 4.44. The number of sulfonamides is 1. The van der Waals surface area contributed by atoms with Gasteiger partial charge in [-0.25, -0.2) is 8.42 Å². The number of fused-ring (bicyclic) bond motifs is 1. The van der Waals surface area contributed by atoms with E-state index in [0.717, 1.165) is 34.7 Å². The molecule has 0 saturated heterocycles. The Morgan fingerprint density at radius 2 is 1.74 bits per heavy atom. The van der Waals surface area contributed by atoms with E-state index in [0.29, 0.717) is 18.0 Å². The molecular formula is C28H32N2O4S. The van der Waals surface area contributed by atoms with Crippen LogP contribution in [0.3, 0.4) is 0 Å². The second-order valence-electron chi connectivity index (χ2n) is 8.90. The summed E-state index contributed by atoms with van der Waals surface area (Å²) in [7, 11) is -4.02. The van der Waals surface area contributed by atoms with Crippen molar-refractivity contribution < 1.29 is 17.9 Å². The van der Waals surface area contributed by atoms with Crippen LogP contribution in [0.5, 0.6) is 5.75 Å². The molecule has 0 aliphatic heterocycles. The van der Waals surface area contributed by atoms with Gasteiger partial charge in [-0.3, -0.25) is 9.10 Å². The lowest BCUT2D eigenvalue weighted by Crippen LogP contribution is -2.41. The molecule has 0 fully saturated rings. The third-order valence-electron chi connectivity index (χ3n) is 6.33. The van der Waals surface area contributed by atoms with E-state index in [-0.39, 0.29) is 23.4 Å². The van der Waals surface area contributed by atoms with Gasteiger partial charge >= 0.3 is 0 Å². The zero-order chi connectivity index (χ0) is 25.0. The summed E-state index contributed by atoms with van der Waals surface area (Å²) < 4.78 is 34.3. The fourth-order valence-corrected chi connectivity index (χ4v) is 5.87. The highest BCUT2D eigenvalue weighted by Crippen LogP contribution is 2.33. The maximum atomic E-state index is 13.7. The average molecular weight is 493 g/mol.